The van der Waals surface area contributed by atoms with Crippen molar-refractivity contribution in [3.05, 3.63) is 0 Å². The van der Waals surface area contributed by atoms with Gasteiger partial charge in [0.1, 0.15) is 0 Å². The molecule has 0 aromatic carbocycles. The maximum Gasteiger partial charge on any atom is 0.166 e. The number of nitrogens with zero attached hydrogens (tertiary/aromatic N) is 1. The predicted molar refractivity (Wildman–Crippen MR) is 98.4 cm³/mol. The van der Waals surface area contributed by atoms with E-state index in [9.17, 15) is 0 Å². The van der Waals surface area contributed by atoms with Crippen molar-refractivity contribution in [3.8, 4) is 0 Å². The van der Waals surface area contributed by atoms with Crippen molar-refractivity contribution in [1.29, 1.82) is 0 Å². The smallest absolute Gasteiger partial charge is 0.166 e. The largest absolute Gasteiger partial charge is 0.378 e. The average molecular weight is 362 g/mol. The Bertz CT molecular complexity index is 198. The van der Waals surface area contributed by atoms with E-state index in [1.54, 1.807) is 0 Å². The minimum Gasteiger partial charge on any atom is -0.378 e. The van der Waals surface area contributed by atoms with Crippen LogP contribution in [0.4, 0.5) is 0 Å². The Kier molecular flexibility index (Phi) is 17.6. The van der Waals surface area contributed by atoms with Crippen LogP contribution in [0.15, 0.2) is 0 Å². The summed E-state index contributed by atoms with van der Waals surface area (Å²) in [5.41, 5.74) is 0. The zero-order chi connectivity index (χ0) is 15.1. The van der Waals surface area contributed by atoms with E-state index >= 15 is 0 Å². The van der Waals surface area contributed by atoms with Crippen LogP contribution >= 0.6 is 50.5 Å². The highest BCUT2D eigenvalue weighted by atomic mass is 32.1. The van der Waals surface area contributed by atoms with Crippen molar-refractivity contribution in [2.24, 2.45) is 0 Å². The van der Waals surface area contributed by atoms with Gasteiger partial charge in [-0.1, -0.05) is 0 Å². The summed E-state index contributed by atoms with van der Waals surface area (Å²) in [5.74, 6) is 2.93. The lowest BCUT2D eigenvalue weighted by Gasteiger charge is -2.22. The van der Waals surface area contributed by atoms with Crippen LogP contribution in [0.5, 0.6) is 0 Å². The highest BCUT2D eigenvalue weighted by molar-refractivity contribution is 7.80. The monoisotopic (exact) mass is 361 g/mol. The molecule has 0 fully saturated rings. The molecule has 122 valence electrons. The van der Waals surface area contributed by atoms with Gasteiger partial charge in [0, 0.05) is 42.6 Å². The number of hydrogen-bond donors (Lipinski definition) is 4. The van der Waals surface area contributed by atoms with Gasteiger partial charge in [0.2, 0.25) is 0 Å². The van der Waals surface area contributed by atoms with E-state index < -0.39 is 0 Å². The van der Waals surface area contributed by atoms with Crippen molar-refractivity contribution in [3.63, 3.8) is 0 Å². The molecular weight excluding hydrogens is 334 g/mol. The molecule has 0 rings (SSSR count). The molecule has 0 amide bonds. The van der Waals surface area contributed by atoms with E-state index in [1.807, 2.05) is 0 Å². The van der Waals surface area contributed by atoms with Crippen LogP contribution in [0.3, 0.4) is 0 Å². The van der Waals surface area contributed by atoms with Crippen LogP contribution in [0, 0.1) is 0 Å². The van der Waals surface area contributed by atoms with Gasteiger partial charge >= 0.3 is 0 Å². The van der Waals surface area contributed by atoms with E-state index in [4.69, 9.17) is 14.2 Å². The zero-order valence-electron chi connectivity index (χ0n) is 11.8. The maximum absolute atomic E-state index is 5.66. The van der Waals surface area contributed by atoms with Gasteiger partial charge in [0.05, 0.1) is 26.4 Å². The second kappa shape index (κ2) is 16.6. The fraction of sp³-hybridized carbons (Fsp3) is 1.00. The lowest BCUT2D eigenvalue weighted by Crippen LogP contribution is -2.33. The van der Waals surface area contributed by atoms with E-state index in [1.165, 1.54) is 0 Å². The van der Waals surface area contributed by atoms with Gasteiger partial charge < -0.3 is 14.2 Å². The van der Waals surface area contributed by atoms with Gasteiger partial charge in [0.15, 0.2) is 6.29 Å². The Labute approximate surface area is 144 Å². The van der Waals surface area contributed by atoms with E-state index in [-0.39, 0.29) is 6.29 Å². The third kappa shape index (κ3) is 12.9. The summed E-state index contributed by atoms with van der Waals surface area (Å²) >= 11 is 16.8. The molecule has 0 radical (unpaired) electrons. The molecule has 0 N–H and O–H groups in total. The van der Waals surface area contributed by atoms with Gasteiger partial charge in [-0.05, 0) is 0 Å². The summed E-state index contributed by atoms with van der Waals surface area (Å²) in [7, 11) is 0. The molecule has 4 nitrogen and oxygen atoms in total. The minimum absolute atomic E-state index is 0.285. The third-order valence-corrected chi connectivity index (χ3v) is 3.34. The first-order valence-electron chi connectivity index (χ1n) is 6.75. The molecule has 0 saturated carbocycles. The molecular formula is C12H27NO3S4. The third-order valence-electron chi connectivity index (χ3n) is 2.46. The molecule has 20 heavy (non-hydrogen) atoms. The summed E-state index contributed by atoms with van der Waals surface area (Å²) in [6.07, 6.45) is -0.285. The Morgan fingerprint density at radius 2 is 1.35 bits per heavy atom. The quantitative estimate of drug-likeness (QED) is 0.202. The summed E-state index contributed by atoms with van der Waals surface area (Å²) in [5, 5.41) is 0. The van der Waals surface area contributed by atoms with E-state index in [2.05, 4.69) is 55.4 Å². The Hall–Kier alpha value is 1.24. The number of hydrogen-bond acceptors (Lipinski definition) is 8. The van der Waals surface area contributed by atoms with Gasteiger partial charge in [-0.25, -0.2) is 0 Å². The van der Waals surface area contributed by atoms with Gasteiger partial charge in [0.25, 0.3) is 0 Å². The first kappa shape index (κ1) is 21.2. The van der Waals surface area contributed by atoms with Crippen LogP contribution in [0.25, 0.3) is 0 Å². The Morgan fingerprint density at radius 3 is 1.90 bits per heavy atom. The number of ether oxygens (including phenoxy) is 3. The first-order valence-corrected chi connectivity index (χ1v) is 9.28. The number of thiol groups is 4. The Morgan fingerprint density at radius 1 is 0.700 bits per heavy atom. The maximum atomic E-state index is 5.66. The fourth-order valence-electron chi connectivity index (χ4n) is 1.49. The Balaban J connectivity index is 3.65. The van der Waals surface area contributed by atoms with Crippen LogP contribution in [-0.4, -0.2) is 80.3 Å². The lowest BCUT2D eigenvalue weighted by atomic mass is 10.5. The summed E-state index contributed by atoms with van der Waals surface area (Å²) in [4.78, 5) is 2.27. The summed E-state index contributed by atoms with van der Waals surface area (Å²) in [6, 6.07) is 0. The highest BCUT2D eigenvalue weighted by Gasteiger charge is 2.09. The molecule has 0 bridgehead atoms. The van der Waals surface area contributed by atoms with Crippen molar-refractivity contribution < 1.29 is 14.2 Å². The SMILES string of the molecule is SCCOCCOC(CS)OCCN(CCS)CCS. The van der Waals surface area contributed by atoms with Crippen LogP contribution < -0.4 is 0 Å². The molecule has 0 heterocycles. The van der Waals surface area contributed by atoms with Gasteiger partial charge in [-0.15, -0.1) is 0 Å². The van der Waals surface area contributed by atoms with Crippen LogP contribution in [0.2, 0.25) is 0 Å². The molecule has 0 aliphatic heterocycles. The normalized spacial score (nSPS) is 13.1. The molecule has 0 aromatic heterocycles. The number of rotatable bonds is 15. The van der Waals surface area contributed by atoms with Crippen molar-refractivity contribution in [2.45, 2.75) is 6.29 Å². The van der Waals surface area contributed by atoms with Gasteiger partial charge in [-0.2, -0.15) is 50.5 Å². The molecule has 0 aliphatic carbocycles. The van der Waals surface area contributed by atoms with E-state index in [0.29, 0.717) is 32.2 Å². The molecule has 0 saturated heterocycles. The first-order chi connectivity index (χ1) is 9.78. The average Bonchev–Trinajstić information content (AvgIpc) is 2.45. The van der Waals surface area contributed by atoms with Gasteiger partial charge in [-0.3, -0.25) is 4.90 Å². The topological polar surface area (TPSA) is 30.9 Å². The molecule has 1 unspecified atom stereocenters. The van der Waals surface area contributed by atoms with Crippen molar-refractivity contribution >= 4 is 50.5 Å². The predicted octanol–water partition coefficient (Wildman–Crippen LogP) is 1.38. The zero-order valence-corrected chi connectivity index (χ0v) is 15.4. The second-order valence-electron chi connectivity index (χ2n) is 3.98. The summed E-state index contributed by atoms with van der Waals surface area (Å²) < 4.78 is 16.5. The van der Waals surface area contributed by atoms with Crippen molar-refractivity contribution in [1.82, 2.24) is 4.90 Å². The fourth-order valence-corrected chi connectivity index (χ4v) is 2.40. The standard InChI is InChI=1S/C12H27NO3S4/c17-8-2-13(3-9-18)1-4-15-12(11-20)16-6-5-14-7-10-19/h12,17-20H,1-11H2. The molecule has 1 atom stereocenters. The molecule has 0 aliphatic rings. The van der Waals surface area contributed by atoms with Crippen molar-refractivity contribution in [2.75, 3.05) is 69.1 Å². The highest BCUT2D eigenvalue weighted by Crippen LogP contribution is 2.00. The van der Waals surface area contributed by atoms with Crippen LogP contribution in [0.1, 0.15) is 0 Å². The van der Waals surface area contributed by atoms with Crippen LogP contribution in [-0.2, 0) is 14.2 Å². The molecule has 0 spiro atoms. The minimum atomic E-state index is -0.285. The summed E-state index contributed by atoms with van der Waals surface area (Å²) in [6.45, 7) is 5.06. The molecule has 8 heteroatoms. The lowest BCUT2D eigenvalue weighted by molar-refractivity contribution is -0.137. The molecule has 0 aromatic rings. The van der Waals surface area contributed by atoms with E-state index in [0.717, 1.165) is 36.9 Å². The second-order valence-corrected chi connectivity index (χ2v) is 5.69.